The van der Waals surface area contributed by atoms with Gasteiger partial charge in [-0.2, -0.15) is 5.26 Å². The van der Waals surface area contributed by atoms with Crippen LogP contribution in [0, 0.1) is 16.7 Å². The molecule has 1 aliphatic carbocycles. The molecular weight excluding hydrogens is 544 g/mol. The van der Waals surface area contributed by atoms with E-state index in [1.807, 2.05) is 24.3 Å². The fourth-order valence-corrected chi connectivity index (χ4v) is 5.53. The van der Waals surface area contributed by atoms with Gasteiger partial charge in [0.1, 0.15) is 18.2 Å². The first kappa shape index (κ1) is 31.0. The summed E-state index contributed by atoms with van der Waals surface area (Å²) in [5.41, 5.74) is 1.11. The second-order valence-corrected chi connectivity index (χ2v) is 11.3. The zero-order valence-corrected chi connectivity index (χ0v) is 24.7. The third-order valence-electron chi connectivity index (χ3n) is 7.67. The highest BCUT2D eigenvalue weighted by Crippen LogP contribution is 2.32. The number of aromatic nitrogens is 2. The van der Waals surface area contributed by atoms with Crippen molar-refractivity contribution in [1.82, 2.24) is 15.3 Å². The molecule has 10 nitrogen and oxygen atoms in total. The summed E-state index contributed by atoms with van der Waals surface area (Å²) in [4.78, 5) is 20.7. The van der Waals surface area contributed by atoms with Gasteiger partial charge >= 0.3 is 5.97 Å². The highest BCUT2D eigenvalue weighted by molar-refractivity contribution is 6.33. The van der Waals surface area contributed by atoms with Gasteiger partial charge in [0, 0.05) is 49.6 Å². The Labute approximate surface area is 247 Å². The Morgan fingerprint density at radius 2 is 1.98 bits per heavy atom. The third-order valence-corrected chi connectivity index (χ3v) is 7.97. The van der Waals surface area contributed by atoms with E-state index >= 15 is 0 Å². The largest absolute Gasteiger partial charge is 0.464 e. The predicted molar refractivity (Wildman–Crippen MR) is 159 cm³/mol. The summed E-state index contributed by atoms with van der Waals surface area (Å²) in [7, 11) is 0. The van der Waals surface area contributed by atoms with Crippen LogP contribution in [0.1, 0.15) is 52.4 Å². The van der Waals surface area contributed by atoms with Gasteiger partial charge in [0.2, 0.25) is 0 Å². The summed E-state index contributed by atoms with van der Waals surface area (Å²) in [5.74, 6) is 1.15. The molecule has 0 spiro atoms. The van der Waals surface area contributed by atoms with Crippen molar-refractivity contribution in [2.75, 3.05) is 50.2 Å². The molecule has 222 valence electrons. The highest BCUT2D eigenvalue weighted by Gasteiger charge is 2.32. The molecule has 0 amide bonds. The van der Waals surface area contributed by atoms with E-state index in [2.05, 4.69) is 33.9 Å². The first-order chi connectivity index (χ1) is 19.9. The molecule has 41 heavy (non-hydrogen) atoms. The molecule has 1 atom stereocenters. The van der Waals surface area contributed by atoms with Gasteiger partial charge in [-0.3, -0.25) is 0 Å². The number of pyridine rings is 2. The highest BCUT2D eigenvalue weighted by atomic mass is 35.5. The molecule has 0 bridgehead atoms. The number of ether oxygens (including phenoxy) is 3. The van der Waals surface area contributed by atoms with Crippen LogP contribution in [0.4, 0.5) is 11.6 Å². The van der Waals surface area contributed by atoms with E-state index in [1.165, 1.54) is 0 Å². The summed E-state index contributed by atoms with van der Waals surface area (Å²) in [6, 6.07) is 11.1. The molecule has 2 aromatic heterocycles. The van der Waals surface area contributed by atoms with Crippen molar-refractivity contribution < 1.29 is 19.0 Å². The number of rotatable bonds is 13. The van der Waals surface area contributed by atoms with Crippen molar-refractivity contribution in [2.24, 2.45) is 5.41 Å². The van der Waals surface area contributed by atoms with Crippen molar-refractivity contribution in [2.45, 2.75) is 70.5 Å². The molecule has 1 aliphatic heterocycles. The SMILES string of the molecule is CCOC(=O)COC[C@@H](C)N[C@H]1CC[C@H](Nc2cc(-c3cccc(NCC4(C#N)CCOCC4)n3)c(Cl)cn2)CC1. The fourth-order valence-electron chi connectivity index (χ4n) is 5.33. The van der Waals surface area contributed by atoms with Crippen LogP contribution in [-0.2, 0) is 19.0 Å². The van der Waals surface area contributed by atoms with Gasteiger partial charge in [-0.05, 0) is 70.6 Å². The standard InChI is InChI=1S/C30H41ClN6O4/c1-3-41-29(38)18-40-17-21(2)35-22-7-9-23(10-8-22)36-28-15-24(25(31)16-33-28)26-5-4-6-27(37-26)34-20-30(19-32)11-13-39-14-12-30/h4-6,15-16,21-23,35H,3,7-14,17-18,20H2,1-2H3,(H,33,36)(H,34,37)/t21-,22-,23-/m1/s1. The van der Waals surface area contributed by atoms with Crippen LogP contribution < -0.4 is 16.0 Å². The van der Waals surface area contributed by atoms with Gasteiger partial charge in [0.15, 0.2) is 0 Å². The zero-order chi connectivity index (χ0) is 29.1. The second-order valence-electron chi connectivity index (χ2n) is 10.9. The number of carbonyl (C=O) groups is 1. The van der Waals surface area contributed by atoms with Crippen LogP contribution in [-0.4, -0.2) is 73.6 Å². The Morgan fingerprint density at radius 3 is 2.71 bits per heavy atom. The van der Waals surface area contributed by atoms with E-state index < -0.39 is 5.41 Å². The van der Waals surface area contributed by atoms with E-state index in [1.54, 1.807) is 13.1 Å². The number of nitrogens with one attached hydrogen (secondary N) is 3. The Hall–Kier alpha value is -2.97. The smallest absolute Gasteiger partial charge is 0.332 e. The van der Waals surface area contributed by atoms with Crippen LogP contribution in [0.25, 0.3) is 11.3 Å². The summed E-state index contributed by atoms with van der Waals surface area (Å²) in [6.07, 6.45) is 7.18. The maximum absolute atomic E-state index is 11.4. The molecular formula is C30H41ClN6O4. The van der Waals surface area contributed by atoms with Gasteiger partial charge in [0.05, 0.1) is 35.4 Å². The number of hydrogen-bond donors (Lipinski definition) is 3. The molecule has 1 saturated carbocycles. The Morgan fingerprint density at radius 1 is 1.22 bits per heavy atom. The number of esters is 1. The van der Waals surface area contributed by atoms with Crippen molar-refractivity contribution >= 4 is 29.2 Å². The first-order valence-electron chi connectivity index (χ1n) is 14.5. The van der Waals surface area contributed by atoms with E-state index in [0.29, 0.717) is 68.7 Å². The lowest BCUT2D eigenvalue weighted by molar-refractivity contribution is -0.148. The van der Waals surface area contributed by atoms with Crippen LogP contribution >= 0.6 is 11.6 Å². The third kappa shape index (κ3) is 9.27. The molecule has 0 radical (unpaired) electrons. The monoisotopic (exact) mass is 584 g/mol. The van der Waals surface area contributed by atoms with Crippen LogP contribution in [0.5, 0.6) is 0 Å². The lowest BCUT2D eigenvalue weighted by Gasteiger charge is -2.32. The van der Waals surface area contributed by atoms with Gasteiger partial charge in [-0.15, -0.1) is 0 Å². The molecule has 2 aromatic rings. The predicted octanol–water partition coefficient (Wildman–Crippen LogP) is 4.81. The summed E-state index contributed by atoms with van der Waals surface area (Å²) < 4.78 is 15.8. The number of nitrogens with zero attached hydrogens (tertiary/aromatic N) is 3. The van der Waals surface area contributed by atoms with Crippen molar-refractivity contribution in [3.8, 4) is 17.3 Å². The quantitative estimate of drug-likeness (QED) is 0.282. The van der Waals surface area contributed by atoms with E-state index in [4.69, 9.17) is 30.8 Å². The minimum absolute atomic E-state index is 0.0132. The molecule has 3 N–H and O–H groups in total. The molecule has 2 fully saturated rings. The van der Waals surface area contributed by atoms with Crippen molar-refractivity contribution in [1.29, 1.82) is 5.26 Å². The van der Waals surface area contributed by atoms with Crippen molar-refractivity contribution in [3.05, 3.63) is 35.5 Å². The Balaban J connectivity index is 1.28. The van der Waals surface area contributed by atoms with Crippen LogP contribution in [0.15, 0.2) is 30.5 Å². The normalized spacial score (nSPS) is 20.9. The molecule has 11 heteroatoms. The Kier molecular flexibility index (Phi) is 11.6. The molecule has 4 rings (SSSR count). The van der Waals surface area contributed by atoms with Crippen molar-refractivity contribution in [3.63, 3.8) is 0 Å². The average Bonchev–Trinajstić information content (AvgIpc) is 2.99. The second kappa shape index (κ2) is 15.3. The minimum Gasteiger partial charge on any atom is -0.464 e. The molecule has 0 unspecified atom stereocenters. The summed E-state index contributed by atoms with van der Waals surface area (Å²) in [5, 5.41) is 20.8. The number of hydrogen-bond acceptors (Lipinski definition) is 10. The van der Waals surface area contributed by atoms with Gasteiger partial charge in [0.25, 0.3) is 0 Å². The number of anilines is 2. The number of halogens is 1. The van der Waals surface area contributed by atoms with E-state index in [9.17, 15) is 10.1 Å². The lowest BCUT2D eigenvalue weighted by Crippen LogP contribution is -2.43. The summed E-state index contributed by atoms with van der Waals surface area (Å²) in [6.45, 7) is 6.41. The zero-order valence-electron chi connectivity index (χ0n) is 24.0. The maximum atomic E-state index is 11.4. The topological polar surface area (TPSA) is 130 Å². The first-order valence-corrected chi connectivity index (χ1v) is 14.9. The lowest BCUT2D eigenvalue weighted by atomic mass is 9.82. The molecule has 1 saturated heterocycles. The molecule has 3 heterocycles. The number of nitriles is 1. The Bertz CT molecular complexity index is 1180. The summed E-state index contributed by atoms with van der Waals surface area (Å²) >= 11 is 6.55. The van der Waals surface area contributed by atoms with E-state index in [0.717, 1.165) is 42.8 Å². The molecule has 0 aromatic carbocycles. The van der Waals surface area contributed by atoms with Gasteiger partial charge in [-0.1, -0.05) is 17.7 Å². The maximum Gasteiger partial charge on any atom is 0.332 e. The van der Waals surface area contributed by atoms with Gasteiger partial charge in [-0.25, -0.2) is 14.8 Å². The van der Waals surface area contributed by atoms with Crippen LogP contribution in [0.2, 0.25) is 5.02 Å². The average molecular weight is 585 g/mol. The fraction of sp³-hybridized carbons (Fsp3) is 0.600. The molecule has 2 aliphatic rings. The number of carbonyl (C=O) groups excluding carboxylic acids is 1. The minimum atomic E-state index is -0.439. The van der Waals surface area contributed by atoms with Gasteiger partial charge < -0.3 is 30.2 Å². The van der Waals surface area contributed by atoms with Crippen LogP contribution in [0.3, 0.4) is 0 Å². The van der Waals surface area contributed by atoms with E-state index in [-0.39, 0.29) is 18.6 Å².